The van der Waals surface area contributed by atoms with E-state index >= 15 is 0 Å². The van der Waals surface area contributed by atoms with Crippen LogP contribution in [0.1, 0.15) is 48.9 Å². The summed E-state index contributed by atoms with van der Waals surface area (Å²) in [5.74, 6) is 1.96. The Hall–Kier alpha value is -2.44. The largest absolute Gasteiger partial charge is 0.462 e. The van der Waals surface area contributed by atoms with Crippen LogP contribution in [0.4, 0.5) is 0 Å². The normalized spacial score (nSPS) is 17.2. The van der Waals surface area contributed by atoms with Crippen LogP contribution in [-0.2, 0) is 24.4 Å². The molecule has 0 radical (unpaired) electrons. The summed E-state index contributed by atoms with van der Waals surface area (Å²) < 4.78 is 14.1. The van der Waals surface area contributed by atoms with Crippen LogP contribution in [-0.4, -0.2) is 32.6 Å². The first-order valence-corrected chi connectivity index (χ1v) is 10.1. The second kappa shape index (κ2) is 9.66. The van der Waals surface area contributed by atoms with Crippen molar-refractivity contribution in [3.63, 3.8) is 0 Å². The van der Waals surface area contributed by atoms with Crippen molar-refractivity contribution < 1.29 is 9.15 Å². The molecule has 4 rings (SSSR count). The van der Waals surface area contributed by atoms with Crippen LogP contribution in [0, 0.1) is 0 Å². The summed E-state index contributed by atoms with van der Waals surface area (Å²) in [6, 6.07) is 8.29. The van der Waals surface area contributed by atoms with Crippen molar-refractivity contribution >= 4 is 0 Å². The number of nitrogens with zero attached hydrogens (tertiary/aromatic N) is 4. The Morgan fingerprint density at radius 1 is 1.11 bits per heavy atom. The smallest absolute Gasteiger partial charge is 0.133 e. The molecule has 1 aliphatic rings. The van der Waals surface area contributed by atoms with Crippen LogP contribution in [0.5, 0.6) is 0 Å². The molecular weight excluding hydrogens is 352 g/mol. The van der Waals surface area contributed by atoms with E-state index < -0.39 is 0 Å². The number of ether oxygens (including phenoxy) is 1. The molecule has 3 aromatic heterocycles. The molecule has 1 aliphatic heterocycles. The second-order valence-electron chi connectivity index (χ2n) is 7.39. The lowest BCUT2D eigenvalue weighted by Gasteiger charge is -2.22. The van der Waals surface area contributed by atoms with Gasteiger partial charge in [0.05, 0.1) is 12.9 Å². The molecule has 3 aromatic rings. The van der Waals surface area contributed by atoms with Gasteiger partial charge in [0, 0.05) is 51.0 Å². The summed E-state index contributed by atoms with van der Waals surface area (Å²) in [6.07, 6.45) is 14.0. The topological polar surface area (TPSA) is 56.3 Å². The van der Waals surface area contributed by atoms with E-state index in [1.165, 1.54) is 12.0 Å². The Kier molecular flexibility index (Phi) is 6.52. The summed E-state index contributed by atoms with van der Waals surface area (Å²) >= 11 is 0. The number of rotatable bonds is 9. The zero-order chi connectivity index (χ0) is 19.0. The Labute approximate surface area is 166 Å². The molecule has 0 spiro atoms. The highest BCUT2D eigenvalue weighted by atomic mass is 16.5. The average molecular weight is 380 g/mol. The highest BCUT2D eigenvalue weighted by Gasteiger charge is 2.20. The second-order valence-corrected chi connectivity index (χ2v) is 7.39. The van der Waals surface area contributed by atoms with Gasteiger partial charge < -0.3 is 13.7 Å². The molecule has 1 saturated heterocycles. The Morgan fingerprint density at radius 3 is 2.89 bits per heavy atom. The number of aromatic nitrogens is 3. The monoisotopic (exact) mass is 380 g/mol. The third-order valence-corrected chi connectivity index (χ3v) is 5.14. The van der Waals surface area contributed by atoms with Crippen molar-refractivity contribution in [3.05, 3.63) is 72.5 Å². The molecule has 0 amide bonds. The maximum Gasteiger partial charge on any atom is 0.133 e. The fourth-order valence-electron chi connectivity index (χ4n) is 3.70. The highest BCUT2D eigenvalue weighted by Crippen LogP contribution is 2.29. The molecule has 1 unspecified atom stereocenters. The minimum absolute atomic E-state index is 0.121. The first-order chi connectivity index (χ1) is 13.9. The van der Waals surface area contributed by atoms with Crippen LogP contribution in [0.25, 0.3) is 0 Å². The molecule has 0 saturated carbocycles. The molecule has 1 atom stereocenters. The van der Waals surface area contributed by atoms with Gasteiger partial charge in [0.25, 0.3) is 0 Å². The van der Waals surface area contributed by atoms with Gasteiger partial charge in [-0.1, -0.05) is 6.07 Å². The van der Waals surface area contributed by atoms with Gasteiger partial charge in [-0.3, -0.25) is 9.88 Å². The van der Waals surface area contributed by atoms with Gasteiger partial charge in [-0.2, -0.15) is 0 Å². The molecule has 148 valence electrons. The van der Waals surface area contributed by atoms with Gasteiger partial charge in [0.15, 0.2) is 0 Å². The van der Waals surface area contributed by atoms with E-state index in [0.29, 0.717) is 0 Å². The van der Waals surface area contributed by atoms with E-state index in [4.69, 9.17) is 9.15 Å². The highest BCUT2D eigenvalue weighted by molar-refractivity contribution is 5.11. The lowest BCUT2D eigenvalue weighted by molar-refractivity contribution is 0.000810. The molecule has 0 aromatic carbocycles. The van der Waals surface area contributed by atoms with Gasteiger partial charge >= 0.3 is 0 Å². The molecule has 0 N–H and O–H groups in total. The maximum absolute atomic E-state index is 6.15. The number of hydrogen-bond acceptors (Lipinski definition) is 5. The van der Waals surface area contributed by atoms with E-state index in [1.807, 2.05) is 37.2 Å². The van der Waals surface area contributed by atoms with Gasteiger partial charge in [-0.25, -0.2) is 4.98 Å². The minimum Gasteiger partial charge on any atom is -0.462 e. The van der Waals surface area contributed by atoms with Gasteiger partial charge in [0.2, 0.25) is 0 Å². The molecule has 28 heavy (non-hydrogen) atoms. The van der Waals surface area contributed by atoms with E-state index in [2.05, 4.69) is 37.6 Å². The van der Waals surface area contributed by atoms with Crippen LogP contribution < -0.4 is 0 Å². The summed E-state index contributed by atoms with van der Waals surface area (Å²) in [4.78, 5) is 10.8. The van der Waals surface area contributed by atoms with Gasteiger partial charge in [0.1, 0.15) is 17.6 Å². The third kappa shape index (κ3) is 5.30. The summed E-state index contributed by atoms with van der Waals surface area (Å²) in [6.45, 7) is 4.41. The van der Waals surface area contributed by atoms with Crippen molar-refractivity contribution in [2.24, 2.45) is 0 Å². The fraction of sp³-hybridized carbons (Fsp3) is 0.455. The van der Waals surface area contributed by atoms with Crippen LogP contribution in [0.3, 0.4) is 0 Å². The molecule has 6 nitrogen and oxygen atoms in total. The van der Waals surface area contributed by atoms with Crippen molar-refractivity contribution in [3.8, 4) is 0 Å². The molecule has 0 bridgehead atoms. The summed E-state index contributed by atoms with van der Waals surface area (Å²) in [7, 11) is 0. The van der Waals surface area contributed by atoms with Gasteiger partial charge in [-0.15, -0.1) is 0 Å². The molecule has 1 fully saturated rings. The Bertz CT molecular complexity index is 810. The van der Waals surface area contributed by atoms with Crippen molar-refractivity contribution in [1.29, 1.82) is 0 Å². The molecule has 6 heteroatoms. The van der Waals surface area contributed by atoms with Crippen LogP contribution in [0.15, 0.2) is 59.8 Å². The fourth-order valence-corrected chi connectivity index (χ4v) is 3.70. The SMILES string of the molecule is c1cncc(CN(CCCn2ccnc2)Cc2ccc(C3CCCCO3)o2)c1. The number of aryl methyl sites for hydroxylation is 1. The number of furan rings is 1. The molecule has 0 aliphatic carbocycles. The predicted molar refractivity (Wildman–Crippen MR) is 106 cm³/mol. The number of imidazole rings is 1. The standard InChI is InChI=1S/C22H28N4O2/c1-2-14-27-21(6-1)22-8-7-20(28-22)17-26(16-19-5-3-9-23-15-19)12-4-11-25-13-10-24-18-25/h3,5,7-10,13,15,18,21H,1-2,4,6,11-12,14,16-17H2. The van der Waals surface area contributed by atoms with Gasteiger partial charge in [-0.05, 0) is 49.4 Å². The first kappa shape index (κ1) is 18.9. The number of pyridine rings is 1. The summed E-state index contributed by atoms with van der Waals surface area (Å²) in [5, 5.41) is 0. The van der Waals surface area contributed by atoms with E-state index in [0.717, 1.165) is 63.6 Å². The van der Waals surface area contributed by atoms with E-state index in [9.17, 15) is 0 Å². The lowest BCUT2D eigenvalue weighted by Crippen LogP contribution is -2.24. The average Bonchev–Trinajstić information content (AvgIpc) is 3.42. The van der Waals surface area contributed by atoms with Crippen molar-refractivity contribution in [1.82, 2.24) is 19.4 Å². The van der Waals surface area contributed by atoms with Crippen molar-refractivity contribution in [2.75, 3.05) is 13.2 Å². The zero-order valence-corrected chi connectivity index (χ0v) is 16.2. The summed E-state index contributed by atoms with van der Waals surface area (Å²) in [5.41, 5.74) is 1.22. The van der Waals surface area contributed by atoms with Crippen LogP contribution >= 0.6 is 0 Å². The minimum atomic E-state index is 0.121. The van der Waals surface area contributed by atoms with Crippen LogP contribution in [0.2, 0.25) is 0 Å². The first-order valence-electron chi connectivity index (χ1n) is 10.1. The number of hydrogen-bond donors (Lipinski definition) is 0. The van der Waals surface area contributed by atoms with E-state index in [-0.39, 0.29) is 6.10 Å². The zero-order valence-electron chi connectivity index (χ0n) is 16.2. The maximum atomic E-state index is 6.15. The molecule has 4 heterocycles. The Balaban J connectivity index is 1.38. The van der Waals surface area contributed by atoms with Crippen molar-refractivity contribution in [2.45, 2.75) is 51.4 Å². The predicted octanol–water partition coefficient (Wildman–Crippen LogP) is 4.21. The quantitative estimate of drug-likeness (QED) is 0.557. The van der Waals surface area contributed by atoms with E-state index in [1.54, 1.807) is 0 Å². The molecular formula is C22H28N4O2. The lowest BCUT2D eigenvalue weighted by atomic mass is 10.1. The Morgan fingerprint density at radius 2 is 2.11 bits per heavy atom. The third-order valence-electron chi connectivity index (χ3n) is 5.14.